The van der Waals surface area contributed by atoms with Gasteiger partial charge in [0.1, 0.15) is 0 Å². The zero-order valence-corrected chi connectivity index (χ0v) is 19.3. The first kappa shape index (κ1) is 22.1. The largest absolute Gasteiger partial charge is 0.360 e. The summed E-state index contributed by atoms with van der Waals surface area (Å²) in [5.74, 6) is 0.0442. The molecule has 0 aliphatic rings. The summed E-state index contributed by atoms with van der Waals surface area (Å²) in [6.07, 6.45) is 6.22. The van der Waals surface area contributed by atoms with Crippen LogP contribution in [0.3, 0.4) is 0 Å². The van der Waals surface area contributed by atoms with E-state index in [4.69, 9.17) is 11.6 Å². The average molecular weight is 466 g/mol. The summed E-state index contributed by atoms with van der Waals surface area (Å²) in [5.41, 5.74) is 5.83. The lowest BCUT2D eigenvalue weighted by Gasteiger charge is -2.18. The number of fused-ring (bicyclic) bond motifs is 1. The van der Waals surface area contributed by atoms with Crippen molar-refractivity contribution in [2.45, 2.75) is 12.5 Å². The second-order valence-electron chi connectivity index (χ2n) is 8.24. The molecule has 5 aromatic rings. The van der Waals surface area contributed by atoms with E-state index in [2.05, 4.69) is 21.4 Å². The molecule has 3 aromatic carbocycles. The summed E-state index contributed by atoms with van der Waals surface area (Å²) < 4.78 is 0. The maximum absolute atomic E-state index is 13.8. The summed E-state index contributed by atoms with van der Waals surface area (Å²) in [4.78, 5) is 21.3. The third-order valence-electron chi connectivity index (χ3n) is 6.01. The van der Waals surface area contributed by atoms with Gasteiger partial charge >= 0.3 is 0 Å². The summed E-state index contributed by atoms with van der Waals surface area (Å²) in [6.45, 7) is 0.667. The van der Waals surface area contributed by atoms with E-state index in [1.54, 1.807) is 6.20 Å². The smallest absolute Gasteiger partial charge is 0.186 e. The van der Waals surface area contributed by atoms with E-state index in [0.29, 0.717) is 12.1 Å². The van der Waals surface area contributed by atoms with Crippen molar-refractivity contribution in [1.82, 2.24) is 15.3 Å². The topological polar surface area (TPSA) is 57.8 Å². The van der Waals surface area contributed by atoms with Gasteiger partial charge in [0, 0.05) is 52.2 Å². The fourth-order valence-electron chi connectivity index (χ4n) is 4.22. The Kier molecular flexibility index (Phi) is 6.52. The Morgan fingerprint density at radius 3 is 2.53 bits per heavy atom. The number of carbonyl (C=O) groups excluding carboxylic acids is 1. The predicted molar refractivity (Wildman–Crippen MR) is 138 cm³/mol. The Hall–Kier alpha value is -3.73. The minimum absolute atomic E-state index is 0.0442. The fourth-order valence-corrected chi connectivity index (χ4v) is 4.34. The van der Waals surface area contributed by atoms with Crippen molar-refractivity contribution in [2.75, 3.05) is 6.54 Å². The maximum atomic E-state index is 13.8. The molecule has 4 nitrogen and oxygen atoms in total. The van der Waals surface area contributed by atoms with Crippen LogP contribution in [0, 0.1) is 0 Å². The van der Waals surface area contributed by atoms with Gasteiger partial charge in [0.2, 0.25) is 0 Å². The zero-order chi connectivity index (χ0) is 23.3. The van der Waals surface area contributed by atoms with Gasteiger partial charge in [-0.15, -0.1) is 0 Å². The molecule has 0 fully saturated rings. The number of halogens is 1. The van der Waals surface area contributed by atoms with Crippen LogP contribution in [0.2, 0.25) is 5.02 Å². The summed E-state index contributed by atoms with van der Waals surface area (Å²) >= 11 is 6.00. The Morgan fingerprint density at radius 1 is 0.941 bits per heavy atom. The Bertz CT molecular complexity index is 1400. The van der Waals surface area contributed by atoms with Gasteiger partial charge in [0.25, 0.3) is 0 Å². The molecule has 1 atom stereocenters. The molecular weight excluding hydrogens is 442 g/mol. The highest BCUT2D eigenvalue weighted by Crippen LogP contribution is 2.28. The fraction of sp³-hybridized carbons (Fsp3) is 0.103. The first-order chi connectivity index (χ1) is 16.7. The van der Waals surface area contributed by atoms with Gasteiger partial charge in [-0.3, -0.25) is 9.78 Å². The summed E-state index contributed by atoms with van der Waals surface area (Å²) in [5, 5.41) is 5.12. The Labute approximate surface area is 203 Å². The van der Waals surface area contributed by atoms with Crippen molar-refractivity contribution in [3.8, 4) is 11.1 Å². The van der Waals surface area contributed by atoms with Crippen molar-refractivity contribution in [2.24, 2.45) is 0 Å². The molecule has 5 heteroatoms. The molecule has 0 amide bonds. The normalized spacial score (nSPS) is 12.0. The molecular formula is C29H24ClN3O. The second-order valence-corrected chi connectivity index (χ2v) is 8.68. The van der Waals surface area contributed by atoms with Crippen LogP contribution in [0.1, 0.15) is 27.5 Å². The summed E-state index contributed by atoms with van der Waals surface area (Å²) in [7, 11) is 0. The van der Waals surface area contributed by atoms with E-state index in [-0.39, 0.29) is 5.78 Å². The first-order valence-electron chi connectivity index (χ1n) is 11.3. The van der Waals surface area contributed by atoms with Crippen LogP contribution in [0.5, 0.6) is 0 Å². The van der Waals surface area contributed by atoms with Crippen molar-refractivity contribution in [3.63, 3.8) is 0 Å². The van der Waals surface area contributed by atoms with Crippen LogP contribution in [-0.2, 0) is 6.42 Å². The molecule has 0 aliphatic heterocycles. The van der Waals surface area contributed by atoms with E-state index >= 15 is 0 Å². The molecule has 2 heterocycles. The van der Waals surface area contributed by atoms with Crippen LogP contribution in [0.4, 0.5) is 0 Å². The molecule has 34 heavy (non-hydrogen) atoms. The van der Waals surface area contributed by atoms with Crippen LogP contribution >= 0.6 is 11.6 Å². The number of carbonyl (C=O) groups is 1. The second kappa shape index (κ2) is 10.0. The van der Waals surface area contributed by atoms with Gasteiger partial charge in [-0.1, -0.05) is 72.3 Å². The van der Waals surface area contributed by atoms with Gasteiger partial charge in [-0.2, -0.15) is 0 Å². The molecule has 0 bridgehead atoms. The Balaban J connectivity index is 1.40. The lowest BCUT2D eigenvalue weighted by atomic mass is 9.96. The molecule has 0 saturated carbocycles. The third kappa shape index (κ3) is 4.79. The highest BCUT2D eigenvalue weighted by atomic mass is 35.5. The average Bonchev–Trinajstić information content (AvgIpc) is 3.32. The molecule has 0 radical (unpaired) electrons. The lowest BCUT2D eigenvalue weighted by molar-refractivity contribution is 0.0945. The van der Waals surface area contributed by atoms with Gasteiger partial charge in [0.05, 0.1) is 6.04 Å². The quantitative estimate of drug-likeness (QED) is 0.252. The molecule has 168 valence electrons. The van der Waals surface area contributed by atoms with Crippen LogP contribution in [-0.4, -0.2) is 22.3 Å². The molecule has 0 saturated heterocycles. The molecule has 2 N–H and O–H groups in total. The van der Waals surface area contributed by atoms with Crippen molar-refractivity contribution >= 4 is 28.3 Å². The maximum Gasteiger partial charge on any atom is 0.186 e. The highest BCUT2D eigenvalue weighted by Gasteiger charge is 2.24. The monoisotopic (exact) mass is 465 g/mol. The van der Waals surface area contributed by atoms with E-state index in [1.807, 2.05) is 91.3 Å². The minimum Gasteiger partial charge on any atom is -0.360 e. The molecule has 0 spiro atoms. The number of Topliss-reactive ketones (excluding diaryl/α,β-unsaturated/α-hetero) is 1. The number of ketones is 1. The number of nitrogens with one attached hydrogen (secondary N) is 2. The summed E-state index contributed by atoms with van der Waals surface area (Å²) in [6, 6.07) is 27.3. The number of H-pyrrole nitrogens is 1. The van der Waals surface area contributed by atoms with Crippen molar-refractivity contribution < 1.29 is 4.79 Å². The van der Waals surface area contributed by atoms with Gasteiger partial charge in [-0.05, 0) is 47.4 Å². The number of benzene rings is 3. The SMILES string of the molecule is O=C(c1c[nH]c2cc(-c3cccnc3)ccc12)[C@@H](NCCc1ccc(Cl)cc1)c1ccccc1. The first-order valence-corrected chi connectivity index (χ1v) is 11.7. The molecule has 0 unspecified atom stereocenters. The van der Waals surface area contributed by atoms with Crippen LogP contribution in [0.15, 0.2) is 104 Å². The van der Waals surface area contributed by atoms with E-state index in [0.717, 1.165) is 39.0 Å². The number of aromatic amines is 1. The zero-order valence-electron chi connectivity index (χ0n) is 18.5. The number of pyridine rings is 1. The molecule has 0 aliphatic carbocycles. The number of hydrogen-bond acceptors (Lipinski definition) is 3. The van der Waals surface area contributed by atoms with E-state index < -0.39 is 6.04 Å². The highest BCUT2D eigenvalue weighted by molar-refractivity contribution is 6.30. The van der Waals surface area contributed by atoms with E-state index in [9.17, 15) is 4.79 Å². The third-order valence-corrected chi connectivity index (χ3v) is 6.26. The Morgan fingerprint density at radius 2 is 1.76 bits per heavy atom. The van der Waals surface area contributed by atoms with Crippen molar-refractivity contribution in [1.29, 1.82) is 0 Å². The minimum atomic E-state index is -0.439. The number of aromatic nitrogens is 2. The predicted octanol–water partition coefficient (Wildman–Crippen LogP) is 6.64. The van der Waals surface area contributed by atoms with Crippen LogP contribution in [0.25, 0.3) is 22.0 Å². The standard InChI is InChI=1S/C29H24ClN3O/c30-24-11-8-20(9-12-24)14-16-32-28(21-5-2-1-3-6-21)29(34)26-19-33-27-17-22(10-13-25(26)27)23-7-4-15-31-18-23/h1-13,15,17-19,28,32-33H,14,16H2/t28-/m0/s1. The molecule has 5 rings (SSSR count). The number of hydrogen-bond donors (Lipinski definition) is 2. The van der Waals surface area contributed by atoms with Crippen molar-refractivity contribution in [3.05, 3.63) is 125 Å². The molecule has 2 aromatic heterocycles. The van der Waals surface area contributed by atoms with Gasteiger partial charge in [0.15, 0.2) is 5.78 Å². The van der Waals surface area contributed by atoms with Crippen LogP contribution < -0.4 is 5.32 Å². The van der Waals surface area contributed by atoms with Gasteiger partial charge < -0.3 is 10.3 Å². The lowest BCUT2D eigenvalue weighted by Crippen LogP contribution is -2.30. The van der Waals surface area contributed by atoms with E-state index in [1.165, 1.54) is 5.56 Å². The number of rotatable bonds is 8. The van der Waals surface area contributed by atoms with Gasteiger partial charge in [-0.25, -0.2) is 0 Å². The number of nitrogens with zero attached hydrogens (tertiary/aromatic N) is 1.